The van der Waals surface area contributed by atoms with Gasteiger partial charge in [0.2, 0.25) is 0 Å². The van der Waals surface area contributed by atoms with Gasteiger partial charge >= 0.3 is 11.9 Å². The summed E-state index contributed by atoms with van der Waals surface area (Å²) < 4.78 is 69.8. The summed E-state index contributed by atoms with van der Waals surface area (Å²) in [5.74, 6) is 16.9. The van der Waals surface area contributed by atoms with Gasteiger partial charge in [0, 0.05) is 11.1 Å². The van der Waals surface area contributed by atoms with E-state index in [4.69, 9.17) is 56.8 Å². The van der Waals surface area contributed by atoms with Crippen molar-refractivity contribution in [1.29, 1.82) is 0 Å². The Morgan fingerprint density at radius 1 is 0.274 bits per heavy atom. The van der Waals surface area contributed by atoms with Crippen LogP contribution in [-0.4, -0.2) is 83.0 Å². The number of ether oxygens (including phenoxy) is 12. The Kier molecular flexibility index (Phi) is 17.2. The number of carbonyl (C=O) groups excluding carboxylic acids is 2. The molecule has 426 valence electrons. The van der Waals surface area contributed by atoms with Crippen molar-refractivity contribution in [2.45, 2.75) is 38.5 Å². The van der Waals surface area contributed by atoms with E-state index in [-0.39, 0.29) is 22.6 Å². The highest BCUT2D eigenvalue weighted by atomic mass is 16.6. The maximum absolute atomic E-state index is 14.0. The molecule has 14 heteroatoms. The van der Waals surface area contributed by atoms with E-state index in [9.17, 15) is 9.59 Å². The van der Waals surface area contributed by atoms with E-state index in [0.29, 0.717) is 107 Å². The van der Waals surface area contributed by atoms with Crippen LogP contribution in [0.15, 0.2) is 121 Å². The third kappa shape index (κ3) is 12.1. The summed E-state index contributed by atoms with van der Waals surface area (Å²) in [5.41, 5.74) is 13.8. The van der Waals surface area contributed by atoms with Gasteiger partial charge in [-0.25, -0.2) is 9.59 Å². The minimum Gasteiger partial charge on any atom is -0.493 e. The minimum atomic E-state index is -0.599. The maximum atomic E-state index is 14.0. The molecule has 10 rings (SSSR count). The number of hydrogen-bond acceptors (Lipinski definition) is 14. The molecular formula is C70H62O14. The zero-order valence-electron chi connectivity index (χ0n) is 48.5. The van der Waals surface area contributed by atoms with Crippen molar-refractivity contribution >= 4 is 11.9 Å². The van der Waals surface area contributed by atoms with Gasteiger partial charge < -0.3 is 56.8 Å². The Morgan fingerprint density at radius 2 is 0.464 bits per heavy atom. The molecule has 0 unspecified atom stereocenters. The molecule has 84 heavy (non-hydrogen) atoms. The normalized spacial score (nSPS) is 11.8. The summed E-state index contributed by atoms with van der Waals surface area (Å²) in [5, 5.41) is 0. The second-order valence-electron chi connectivity index (χ2n) is 19.9. The zero-order chi connectivity index (χ0) is 59.0. The summed E-state index contributed by atoms with van der Waals surface area (Å²) >= 11 is 0. The lowest BCUT2D eigenvalue weighted by Crippen LogP contribution is -2.11. The van der Waals surface area contributed by atoms with Crippen molar-refractivity contribution in [3.05, 3.63) is 210 Å². The first-order valence-corrected chi connectivity index (χ1v) is 26.9. The molecule has 2 aliphatic rings. The third-order valence-electron chi connectivity index (χ3n) is 15.2. The van der Waals surface area contributed by atoms with Crippen LogP contribution in [0.3, 0.4) is 0 Å². The molecule has 8 aromatic rings. The molecule has 0 N–H and O–H groups in total. The molecule has 0 saturated heterocycles. The molecule has 0 aromatic heterocycles. The van der Waals surface area contributed by atoms with E-state index in [2.05, 4.69) is 23.7 Å². The van der Waals surface area contributed by atoms with E-state index >= 15 is 0 Å². The van der Waals surface area contributed by atoms with Crippen LogP contribution in [0.4, 0.5) is 0 Å². The summed E-state index contributed by atoms with van der Waals surface area (Å²) in [6.45, 7) is 0. The fourth-order valence-electron chi connectivity index (χ4n) is 10.8. The highest BCUT2D eigenvalue weighted by molar-refractivity contribution is 5.92. The van der Waals surface area contributed by atoms with E-state index < -0.39 is 11.9 Å². The smallest absolute Gasteiger partial charge is 0.343 e. The largest absolute Gasteiger partial charge is 0.493 e. The average molecular weight is 1130 g/mol. The molecule has 14 nitrogen and oxygen atoms in total. The Bertz CT molecular complexity index is 3720. The lowest BCUT2D eigenvalue weighted by molar-refractivity contribution is 0.0720. The Morgan fingerprint density at radius 3 is 0.667 bits per heavy atom. The molecule has 0 spiro atoms. The standard InChI is InChI=1S/C70H62O14/c1-73-57-29-45-23-47-31-59(75-3)63(79-7)35-51(47)27-55-39-67(65(81-9)37-53(55)25-49(45)33-61(57)77-5)83-69(71)43-19-13-17-41(21-43)15-11-12-16-42-18-14-20-44(22-42)70(72)84-68-40-56-28-52-36-64(80-8)60(76-4)32-48(52)24-46-30-58(74-2)62(78-6)34-50(46)26-54(56)38-66(68)82-10/h13-14,17-22,29-40H,23-28H2,1-10H3. The van der Waals surface area contributed by atoms with Crippen LogP contribution in [0.2, 0.25) is 0 Å². The summed E-state index contributed by atoms with van der Waals surface area (Å²) in [6, 6.07) is 37.3. The monoisotopic (exact) mass is 1130 g/mol. The van der Waals surface area contributed by atoms with Gasteiger partial charge in [0.15, 0.2) is 69.0 Å². The minimum absolute atomic E-state index is 0.260. The Balaban J connectivity index is 0.875. The van der Waals surface area contributed by atoms with E-state index in [1.165, 1.54) is 0 Å². The number of esters is 2. The summed E-state index contributed by atoms with van der Waals surface area (Å²) in [4.78, 5) is 28.0. The number of methoxy groups -OCH3 is 10. The van der Waals surface area contributed by atoms with Gasteiger partial charge in [-0.05, 0) is 226 Å². The molecule has 0 saturated carbocycles. The van der Waals surface area contributed by atoms with Crippen LogP contribution in [0, 0.1) is 23.7 Å². The van der Waals surface area contributed by atoms with Gasteiger partial charge in [-0.3, -0.25) is 0 Å². The highest BCUT2D eigenvalue weighted by Gasteiger charge is 2.26. The number of hydrogen-bond donors (Lipinski definition) is 0. The van der Waals surface area contributed by atoms with Crippen LogP contribution in [0.1, 0.15) is 98.6 Å². The second kappa shape index (κ2) is 25.3. The van der Waals surface area contributed by atoms with E-state index in [1.54, 1.807) is 120 Å². The first-order chi connectivity index (χ1) is 40.9. The molecule has 0 radical (unpaired) electrons. The molecule has 0 bridgehead atoms. The molecule has 8 aromatic carbocycles. The number of rotatable bonds is 14. The zero-order valence-corrected chi connectivity index (χ0v) is 48.5. The van der Waals surface area contributed by atoms with Crippen molar-refractivity contribution in [1.82, 2.24) is 0 Å². The topological polar surface area (TPSA) is 145 Å². The number of carbonyl (C=O) groups is 2. The first kappa shape index (κ1) is 57.1. The van der Waals surface area contributed by atoms with Gasteiger partial charge in [0.05, 0.1) is 82.2 Å². The summed E-state index contributed by atoms with van der Waals surface area (Å²) in [6.07, 6.45) is 3.28. The molecular weight excluding hydrogens is 1060 g/mol. The third-order valence-corrected chi connectivity index (χ3v) is 15.2. The van der Waals surface area contributed by atoms with Crippen molar-refractivity contribution in [3.63, 3.8) is 0 Å². The Labute approximate surface area is 489 Å². The summed E-state index contributed by atoms with van der Waals surface area (Å²) in [7, 11) is 16.0. The molecule has 0 atom stereocenters. The van der Waals surface area contributed by atoms with Crippen molar-refractivity contribution in [2.75, 3.05) is 71.1 Å². The molecule has 0 amide bonds. The SMILES string of the molecule is COc1cc2c(cc1OC)Cc1cc(OC)c(OC(=O)c3cccc(C#CC#Cc4cccc(C(=O)Oc5cc6c(cc5OC)Cc5cc(OC)c(OC)cc5Cc5cc(OC)c(OC)cc5C6)c4)c3)cc1Cc1cc(OC)c(OC)cc1C2. The predicted molar refractivity (Wildman–Crippen MR) is 318 cm³/mol. The van der Waals surface area contributed by atoms with Crippen molar-refractivity contribution in [2.24, 2.45) is 0 Å². The first-order valence-electron chi connectivity index (χ1n) is 26.9. The lowest BCUT2D eigenvalue weighted by atomic mass is 9.94. The quantitative estimate of drug-likeness (QED) is 0.0578. The van der Waals surface area contributed by atoms with Crippen LogP contribution in [0.25, 0.3) is 0 Å². The second-order valence-corrected chi connectivity index (χ2v) is 19.9. The average Bonchev–Trinajstić information content (AvgIpc) is 2.60. The van der Waals surface area contributed by atoms with Gasteiger partial charge in [0.1, 0.15) is 0 Å². The van der Waals surface area contributed by atoms with Crippen LogP contribution in [-0.2, 0) is 38.5 Å². The molecule has 0 heterocycles. The predicted octanol–water partition coefficient (Wildman–Crippen LogP) is 11.8. The van der Waals surface area contributed by atoms with Gasteiger partial charge in [-0.1, -0.05) is 24.0 Å². The van der Waals surface area contributed by atoms with Gasteiger partial charge in [-0.15, -0.1) is 0 Å². The highest BCUT2D eigenvalue weighted by Crippen LogP contribution is 2.44. The molecule has 0 fully saturated rings. The van der Waals surface area contributed by atoms with Gasteiger partial charge in [0.25, 0.3) is 0 Å². The maximum Gasteiger partial charge on any atom is 0.343 e. The van der Waals surface area contributed by atoms with E-state index in [1.807, 2.05) is 72.8 Å². The van der Waals surface area contributed by atoms with Gasteiger partial charge in [-0.2, -0.15) is 0 Å². The van der Waals surface area contributed by atoms with Crippen LogP contribution < -0.4 is 56.8 Å². The molecule has 2 aliphatic carbocycles. The fourth-order valence-corrected chi connectivity index (χ4v) is 10.8. The lowest BCUT2D eigenvalue weighted by Gasteiger charge is -2.17. The van der Waals surface area contributed by atoms with Crippen LogP contribution in [0.5, 0.6) is 69.0 Å². The van der Waals surface area contributed by atoms with Crippen LogP contribution >= 0.6 is 0 Å². The van der Waals surface area contributed by atoms with E-state index in [0.717, 1.165) is 66.8 Å². The van der Waals surface area contributed by atoms with Crippen molar-refractivity contribution < 1.29 is 66.4 Å². The number of fused-ring (bicyclic) bond motifs is 6. The number of benzene rings is 8. The Hall–Kier alpha value is -10.2. The van der Waals surface area contributed by atoms with Crippen molar-refractivity contribution in [3.8, 4) is 92.7 Å². The molecule has 0 aliphatic heterocycles. The fraction of sp³-hybridized carbons (Fsp3) is 0.229.